The third-order valence-corrected chi connectivity index (χ3v) is 6.09. The van der Waals surface area contributed by atoms with Gasteiger partial charge in [-0.15, -0.1) is 0 Å². The number of rotatable bonds is 6. The second kappa shape index (κ2) is 9.52. The van der Waals surface area contributed by atoms with Crippen LogP contribution in [0.4, 0.5) is 5.69 Å². The van der Waals surface area contributed by atoms with E-state index in [1.54, 1.807) is 6.92 Å². The van der Waals surface area contributed by atoms with Gasteiger partial charge in [-0.2, -0.15) is 0 Å². The Hall–Kier alpha value is -2.53. The molecular weight excluding hydrogens is 376 g/mol. The quantitative estimate of drug-likeness (QED) is 0.768. The molecule has 1 fully saturated rings. The molecular formula is C25H32N2O3. The highest BCUT2D eigenvalue weighted by Gasteiger charge is 2.19. The molecule has 0 bridgehead atoms. The Bertz CT molecular complexity index is 857. The predicted octanol–water partition coefficient (Wildman–Crippen LogP) is 4.44. The highest BCUT2D eigenvalue weighted by molar-refractivity contribution is 5.94. The number of nitrogens with one attached hydrogen (secondary N) is 1. The molecule has 0 saturated carbocycles. The first-order valence-electron chi connectivity index (χ1n) is 11.1. The summed E-state index contributed by atoms with van der Waals surface area (Å²) < 4.78 is 12.0. The van der Waals surface area contributed by atoms with Gasteiger partial charge in [0.05, 0.1) is 0 Å². The third-order valence-electron chi connectivity index (χ3n) is 6.09. The van der Waals surface area contributed by atoms with Crippen LogP contribution in [0, 0.1) is 0 Å². The van der Waals surface area contributed by atoms with Crippen molar-refractivity contribution in [3.05, 3.63) is 53.6 Å². The molecule has 1 amide bonds. The fourth-order valence-corrected chi connectivity index (χ4v) is 4.20. The number of ether oxygens (including phenoxy) is 2. The number of hydrogen-bond acceptors (Lipinski definition) is 4. The van der Waals surface area contributed by atoms with Crippen molar-refractivity contribution in [3.8, 4) is 11.5 Å². The summed E-state index contributed by atoms with van der Waals surface area (Å²) in [6.07, 6.45) is 6.52. The van der Waals surface area contributed by atoms with Crippen LogP contribution in [-0.4, -0.2) is 43.2 Å². The topological polar surface area (TPSA) is 50.8 Å². The van der Waals surface area contributed by atoms with Gasteiger partial charge in [-0.25, -0.2) is 0 Å². The molecule has 1 heterocycles. The summed E-state index contributed by atoms with van der Waals surface area (Å²) in [5, 5.41) is 2.93. The fraction of sp³-hybridized carbons (Fsp3) is 0.480. The van der Waals surface area contributed by atoms with E-state index in [1.807, 2.05) is 30.3 Å². The van der Waals surface area contributed by atoms with Crippen molar-refractivity contribution in [2.45, 2.75) is 57.7 Å². The third kappa shape index (κ3) is 5.33. The SMILES string of the molecule is C[C@@H](Oc1ccc2c(c1)CCCC2)C(=O)Nc1ccc(OC2CCN(C)CC2)cc1. The van der Waals surface area contributed by atoms with E-state index in [-0.39, 0.29) is 12.0 Å². The van der Waals surface area contributed by atoms with Gasteiger partial charge >= 0.3 is 0 Å². The van der Waals surface area contributed by atoms with E-state index in [9.17, 15) is 4.79 Å². The van der Waals surface area contributed by atoms with Gasteiger partial charge in [0.1, 0.15) is 17.6 Å². The Balaban J connectivity index is 1.28. The number of anilines is 1. The molecule has 1 saturated heterocycles. The first-order valence-corrected chi connectivity index (χ1v) is 11.1. The van der Waals surface area contributed by atoms with Crippen LogP contribution in [-0.2, 0) is 17.6 Å². The highest BCUT2D eigenvalue weighted by Crippen LogP contribution is 2.26. The minimum atomic E-state index is -0.568. The zero-order chi connectivity index (χ0) is 20.9. The Labute approximate surface area is 179 Å². The smallest absolute Gasteiger partial charge is 0.265 e. The summed E-state index contributed by atoms with van der Waals surface area (Å²) in [5.74, 6) is 1.46. The lowest BCUT2D eigenvalue weighted by molar-refractivity contribution is -0.122. The van der Waals surface area contributed by atoms with Crippen molar-refractivity contribution in [2.75, 3.05) is 25.5 Å². The van der Waals surface area contributed by atoms with E-state index in [4.69, 9.17) is 9.47 Å². The van der Waals surface area contributed by atoms with Crippen molar-refractivity contribution >= 4 is 11.6 Å². The number of carbonyl (C=O) groups excluding carboxylic acids is 1. The maximum atomic E-state index is 12.6. The average Bonchev–Trinajstić information content (AvgIpc) is 2.76. The molecule has 0 spiro atoms. The molecule has 0 radical (unpaired) electrons. The second-order valence-electron chi connectivity index (χ2n) is 8.53. The predicted molar refractivity (Wildman–Crippen MR) is 119 cm³/mol. The van der Waals surface area contributed by atoms with Crippen molar-refractivity contribution in [2.24, 2.45) is 0 Å². The van der Waals surface area contributed by atoms with Gasteiger partial charge < -0.3 is 19.7 Å². The minimum Gasteiger partial charge on any atom is -0.490 e. The Kier molecular flexibility index (Phi) is 6.58. The highest BCUT2D eigenvalue weighted by atomic mass is 16.5. The van der Waals surface area contributed by atoms with E-state index in [0.29, 0.717) is 0 Å². The van der Waals surface area contributed by atoms with Crippen LogP contribution in [0.25, 0.3) is 0 Å². The maximum Gasteiger partial charge on any atom is 0.265 e. The lowest BCUT2D eigenvalue weighted by atomic mass is 9.92. The van der Waals surface area contributed by atoms with E-state index in [2.05, 4.69) is 29.4 Å². The molecule has 5 nitrogen and oxygen atoms in total. The standard InChI is InChI=1S/C25H32N2O3/c1-18(29-24-10-7-19-5-3-4-6-20(19)17-24)25(28)26-21-8-11-22(12-9-21)30-23-13-15-27(2)16-14-23/h7-12,17-18,23H,3-6,13-16H2,1-2H3,(H,26,28)/t18-/m1/s1. The molecule has 30 heavy (non-hydrogen) atoms. The first-order chi connectivity index (χ1) is 14.6. The van der Waals surface area contributed by atoms with Gasteiger partial charge in [0.2, 0.25) is 0 Å². The molecule has 1 N–H and O–H groups in total. The minimum absolute atomic E-state index is 0.156. The summed E-state index contributed by atoms with van der Waals surface area (Å²) in [6.45, 7) is 3.92. The molecule has 2 aromatic rings. The van der Waals surface area contributed by atoms with Crippen molar-refractivity contribution in [3.63, 3.8) is 0 Å². The summed E-state index contributed by atoms with van der Waals surface area (Å²) in [4.78, 5) is 14.9. The summed E-state index contributed by atoms with van der Waals surface area (Å²) >= 11 is 0. The van der Waals surface area contributed by atoms with E-state index < -0.39 is 6.10 Å². The van der Waals surface area contributed by atoms with Crippen molar-refractivity contribution in [1.29, 1.82) is 0 Å². The fourth-order valence-electron chi connectivity index (χ4n) is 4.20. The van der Waals surface area contributed by atoms with Crippen LogP contribution in [0.5, 0.6) is 11.5 Å². The first kappa shape index (κ1) is 20.7. The molecule has 4 rings (SSSR count). The molecule has 2 aliphatic rings. The zero-order valence-corrected chi connectivity index (χ0v) is 18.0. The van der Waals surface area contributed by atoms with E-state index in [1.165, 1.54) is 24.0 Å². The number of benzene rings is 2. The molecule has 0 aromatic heterocycles. The Morgan fingerprint density at radius 1 is 1.00 bits per heavy atom. The number of fused-ring (bicyclic) bond motifs is 1. The molecule has 1 aliphatic heterocycles. The molecule has 1 atom stereocenters. The molecule has 160 valence electrons. The van der Waals surface area contributed by atoms with Gasteiger partial charge in [-0.3, -0.25) is 4.79 Å². The van der Waals surface area contributed by atoms with Gasteiger partial charge in [0.15, 0.2) is 6.10 Å². The Morgan fingerprint density at radius 2 is 1.67 bits per heavy atom. The maximum absolute atomic E-state index is 12.6. The van der Waals surface area contributed by atoms with Gasteiger partial charge in [0.25, 0.3) is 5.91 Å². The molecule has 1 aliphatic carbocycles. The lowest BCUT2D eigenvalue weighted by Gasteiger charge is -2.29. The number of piperidine rings is 1. The van der Waals surface area contributed by atoms with Crippen LogP contribution in [0.3, 0.4) is 0 Å². The van der Waals surface area contributed by atoms with Crippen molar-refractivity contribution < 1.29 is 14.3 Å². The van der Waals surface area contributed by atoms with E-state index in [0.717, 1.165) is 56.0 Å². The lowest BCUT2D eigenvalue weighted by Crippen LogP contribution is -2.35. The van der Waals surface area contributed by atoms with Crippen LogP contribution < -0.4 is 14.8 Å². The summed E-state index contributed by atoms with van der Waals surface area (Å²) in [7, 11) is 2.14. The summed E-state index contributed by atoms with van der Waals surface area (Å²) in [5.41, 5.74) is 3.51. The summed E-state index contributed by atoms with van der Waals surface area (Å²) in [6, 6.07) is 13.8. The number of nitrogens with zero attached hydrogens (tertiary/aromatic N) is 1. The second-order valence-corrected chi connectivity index (χ2v) is 8.53. The van der Waals surface area contributed by atoms with E-state index >= 15 is 0 Å². The van der Waals surface area contributed by atoms with Crippen LogP contribution in [0.2, 0.25) is 0 Å². The number of aryl methyl sites for hydroxylation is 2. The average molecular weight is 409 g/mol. The molecule has 5 heteroatoms. The normalized spacial score (nSPS) is 18.3. The van der Waals surface area contributed by atoms with Crippen molar-refractivity contribution in [1.82, 2.24) is 4.90 Å². The monoisotopic (exact) mass is 408 g/mol. The number of carbonyl (C=O) groups is 1. The Morgan fingerprint density at radius 3 is 2.40 bits per heavy atom. The number of amides is 1. The van der Waals surface area contributed by atoms with Crippen LogP contribution in [0.15, 0.2) is 42.5 Å². The largest absolute Gasteiger partial charge is 0.490 e. The van der Waals surface area contributed by atoms with Gasteiger partial charge in [-0.05, 0) is 100 Å². The van der Waals surface area contributed by atoms with Gasteiger partial charge in [-0.1, -0.05) is 6.07 Å². The molecule has 2 aromatic carbocycles. The van der Waals surface area contributed by atoms with Crippen LogP contribution >= 0.6 is 0 Å². The number of likely N-dealkylation sites (tertiary alicyclic amines) is 1. The van der Waals surface area contributed by atoms with Gasteiger partial charge in [0, 0.05) is 18.8 Å². The van der Waals surface area contributed by atoms with Crippen LogP contribution in [0.1, 0.15) is 43.7 Å². The zero-order valence-electron chi connectivity index (χ0n) is 18.0. The molecule has 0 unspecified atom stereocenters. The number of hydrogen-bond donors (Lipinski definition) is 1.